The molecule has 0 aromatic heterocycles. The lowest BCUT2D eigenvalue weighted by Gasteiger charge is -2.12. The van der Waals surface area contributed by atoms with E-state index >= 15 is 0 Å². The number of halogens is 2. The van der Waals surface area contributed by atoms with Crippen LogP contribution in [0.15, 0.2) is 45.3 Å². The normalized spacial score (nSPS) is 10.4. The van der Waals surface area contributed by atoms with Gasteiger partial charge in [0.05, 0.1) is 6.61 Å². The SMILES string of the molecule is COCc1c(Br)cccc1NC(=O)c1ccc(Br)c(N)c1. The number of amides is 1. The van der Waals surface area contributed by atoms with E-state index in [-0.39, 0.29) is 5.91 Å². The Morgan fingerprint density at radius 2 is 2.00 bits per heavy atom. The molecule has 0 fully saturated rings. The van der Waals surface area contributed by atoms with Crippen LogP contribution in [0.2, 0.25) is 0 Å². The molecule has 0 heterocycles. The van der Waals surface area contributed by atoms with E-state index in [9.17, 15) is 4.79 Å². The minimum absolute atomic E-state index is 0.218. The maximum Gasteiger partial charge on any atom is 0.255 e. The van der Waals surface area contributed by atoms with Crippen molar-refractivity contribution in [3.8, 4) is 0 Å². The molecule has 21 heavy (non-hydrogen) atoms. The highest BCUT2D eigenvalue weighted by Gasteiger charge is 2.12. The van der Waals surface area contributed by atoms with E-state index in [1.807, 2.05) is 18.2 Å². The molecule has 0 aliphatic heterocycles. The lowest BCUT2D eigenvalue weighted by atomic mass is 10.1. The standard InChI is InChI=1S/C15H14Br2N2O2/c1-21-8-10-11(16)3-2-4-14(10)19-15(20)9-5-6-12(17)13(18)7-9/h2-7H,8,18H2,1H3,(H,19,20). The average Bonchev–Trinajstić information content (AvgIpc) is 2.45. The number of hydrogen-bond acceptors (Lipinski definition) is 3. The van der Waals surface area contributed by atoms with E-state index in [0.29, 0.717) is 23.5 Å². The number of rotatable bonds is 4. The first-order valence-electron chi connectivity index (χ1n) is 6.15. The molecule has 0 radical (unpaired) electrons. The van der Waals surface area contributed by atoms with Gasteiger partial charge < -0.3 is 15.8 Å². The van der Waals surface area contributed by atoms with Crippen molar-refractivity contribution in [3.63, 3.8) is 0 Å². The molecule has 0 saturated heterocycles. The van der Waals surface area contributed by atoms with E-state index in [2.05, 4.69) is 37.2 Å². The first kappa shape index (κ1) is 16.0. The molecule has 0 saturated carbocycles. The summed E-state index contributed by atoms with van der Waals surface area (Å²) < 4.78 is 6.82. The number of nitrogen functional groups attached to an aromatic ring is 1. The van der Waals surface area contributed by atoms with Gasteiger partial charge in [-0.25, -0.2) is 0 Å². The van der Waals surface area contributed by atoms with Crippen LogP contribution in [0.1, 0.15) is 15.9 Å². The summed E-state index contributed by atoms with van der Waals surface area (Å²) in [5, 5.41) is 2.88. The molecule has 1 amide bonds. The second-order valence-corrected chi connectivity index (χ2v) is 6.10. The van der Waals surface area contributed by atoms with Crippen LogP contribution in [-0.2, 0) is 11.3 Å². The fraction of sp³-hybridized carbons (Fsp3) is 0.133. The predicted octanol–water partition coefficient (Wildman–Crippen LogP) is 4.19. The maximum atomic E-state index is 12.3. The van der Waals surface area contributed by atoms with Crippen LogP contribution in [0.25, 0.3) is 0 Å². The van der Waals surface area contributed by atoms with Gasteiger partial charge in [-0.3, -0.25) is 4.79 Å². The van der Waals surface area contributed by atoms with Crippen LogP contribution < -0.4 is 11.1 Å². The average molecular weight is 414 g/mol. The molecular formula is C15H14Br2N2O2. The van der Waals surface area contributed by atoms with Crippen molar-refractivity contribution in [2.75, 3.05) is 18.2 Å². The largest absolute Gasteiger partial charge is 0.398 e. The highest BCUT2D eigenvalue weighted by atomic mass is 79.9. The molecule has 6 heteroatoms. The van der Waals surface area contributed by atoms with Crippen LogP contribution in [0.5, 0.6) is 0 Å². The number of benzene rings is 2. The summed E-state index contributed by atoms with van der Waals surface area (Å²) in [4.78, 5) is 12.3. The summed E-state index contributed by atoms with van der Waals surface area (Å²) in [5.74, 6) is -0.218. The van der Waals surface area contributed by atoms with Crippen LogP contribution in [0.4, 0.5) is 11.4 Å². The zero-order chi connectivity index (χ0) is 15.4. The number of carbonyl (C=O) groups excluding carboxylic acids is 1. The van der Waals surface area contributed by atoms with Gasteiger partial charge in [-0.1, -0.05) is 22.0 Å². The lowest BCUT2D eigenvalue weighted by molar-refractivity contribution is 0.102. The molecule has 2 aromatic rings. The van der Waals surface area contributed by atoms with Gasteiger partial charge in [0.25, 0.3) is 5.91 Å². The van der Waals surface area contributed by atoms with Crippen molar-refractivity contribution in [1.82, 2.24) is 0 Å². The Morgan fingerprint density at radius 1 is 1.24 bits per heavy atom. The third-order valence-corrected chi connectivity index (χ3v) is 4.38. The molecule has 0 aliphatic carbocycles. The van der Waals surface area contributed by atoms with Crippen molar-refractivity contribution >= 4 is 49.1 Å². The van der Waals surface area contributed by atoms with Crippen LogP contribution in [0, 0.1) is 0 Å². The van der Waals surface area contributed by atoms with Crippen molar-refractivity contribution in [2.45, 2.75) is 6.61 Å². The van der Waals surface area contributed by atoms with E-state index < -0.39 is 0 Å². The number of nitrogens with one attached hydrogen (secondary N) is 1. The van der Waals surface area contributed by atoms with Gasteiger partial charge in [0.1, 0.15) is 0 Å². The summed E-state index contributed by atoms with van der Waals surface area (Å²) in [6.07, 6.45) is 0. The van der Waals surface area contributed by atoms with Gasteiger partial charge >= 0.3 is 0 Å². The van der Waals surface area contributed by atoms with Crippen molar-refractivity contribution in [2.24, 2.45) is 0 Å². The molecule has 0 atom stereocenters. The van der Waals surface area contributed by atoms with Crippen molar-refractivity contribution in [1.29, 1.82) is 0 Å². The third kappa shape index (κ3) is 3.84. The van der Waals surface area contributed by atoms with E-state index in [4.69, 9.17) is 10.5 Å². The maximum absolute atomic E-state index is 12.3. The number of methoxy groups -OCH3 is 1. The summed E-state index contributed by atoms with van der Waals surface area (Å²) in [5.41, 5.74) is 8.41. The highest BCUT2D eigenvalue weighted by molar-refractivity contribution is 9.10. The Kier molecular flexibility index (Phi) is 5.39. The molecule has 0 spiro atoms. The summed E-state index contributed by atoms with van der Waals surface area (Å²) in [7, 11) is 1.61. The zero-order valence-corrected chi connectivity index (χ0v) is 14.5. The van der Waals surface area contributed by atoms with E-state index in [1.165, 1.54) is 0 Å². The van der Waals surface area contributed by atoms with Crippen LogP contribution in [0.3, 0.4) is 0 Å². The minimum Gasteiger partial charge on any atom is -0.398 e. The van der Waals surface area contributed by atoms with Gasteiger partial charge in [0, 0.05) is 38.6 Å². The smallest absolute Gasteiger partial charge is 0.255 e. The number of anilines is 2. The summed E-state index contributed by atoms with van der Waals surface area (Å²) in [6, 6.07) is 10.7. The molecule has 2 rings (SSSR count). The second-order valence-electron chi connectivity index (χ2n) is 4.39. The first-order chi connectivity index (χ1) is 10.0. The number of hydrogen-bond donors (Lipinski definition) is 2. The Bertz CT molecular complexity index is 675. The summed E-state index contributed by atoms with van der Waals surface area (Å²) >= 11 is 6.77. The molecule has 0 aliphatic rings. The minimum atomic E-state index is -0.218. The number of nitrogens with two attached hydrogens (primary N) is 1. The first-order valence-corrected chi connectivity index (χ1v) is 7.74. The number of ether oxygens (including phenoxy) is 1. The fourth-order valence-corrected chi connectivity index (χ4v) is 2.57. The fourth-order valence-electron chi connectivity index (χ4n) is 1.85. The molecule has 4 nitrogen and oxygen atoms in total. The van der Waals surface area contributed by atoms with Gasteiger partial charge in [-0.2, -0.15) is 0 Å². The number of carbonyl (C=O) groups is 1. The van der Waals surface area contributed by atoms with Crippen molar-refractivity contribution in [3.05, 3.63) is 56.5 Å². The zero-order valence-electron chi connectivity index (χ0n) is 11.3. The van der Waals surface area contributed by atoms with E-state index in [1.54, 1.807) is 25.3 Å². The Hall–Kier alpha value is -1.37. The van der Waals surface area contributed by atoms with Crippen molar-refractivity contribution < 1.29 is 9.53 Å². The van der Waals surface area contributed by atoms with Gasteiger partial charge in [-0.15, -0.1) is 0 Å². The molecular weight excluding hydrogens is 400 g/mol. The van der Waals surface area contributed by atoms with Gasteiger partial charge in [0.2, 0.25) is 0 Å². The molecule has 3 N–H and O–H groups in total. The molecule has 110 valence electrons. The molecule has 0 unspecified atom stereocenters. The monoisotopic (exact) mass is 412 g/mol. The third-order valence-electron chi connectivity index (χ3n) is 2.91. The van der Waals surface area contributed by atoms with Gasteiger partial charge in [0.15, 0.2) is 0 Å². The van der Waals surface area contributed by atoms with Gasteiger partial charge in [-0.05, 0) is 46.3 Å². The molecule has 0 bridgehead atoms. The quantitative estimate of drug-likeness (QED) is 0.738. The topological polar surface area (TPSA) is 64.3 Å². The highest BCUT2D eigenvalue weighted by Crippen LogP contribution is 2.26. The summed E-state index contributed by atoms with van der Waals surface area (Å²) in [6.45, 7) is 0.402. The second kappa shape index (κ2) is 7.06. The van der Waals surface area contributed by atoms with E-state index in [0.717, 1.165) is 14.5 Å². The Labute approximate surface area is 139 Å². The molecule has 2 aromatic carbocycles. The lowest BCUT2D eigenvalue weighted by Crippen LogP contribution is -2.14. The van der Waals surface area contributed by atoms with Crippen LogP contribution >= 0.6 is 31.9 Å². The predicted molar refractivity (Wildman–Crippen MR) is 91.4 cm³/mol. The van der Waals surface area contributed by atoms with Crippen LogP contribution in [-0.4, -0.2) is 13.0 Å². The Balaban J connectivity index is 2.27. The Morgan fingerprint density at radius 3 is 2.67 bits per heavy atom.